The maximum Gasteiger partial charge on any atom is 0.165 e. The molecule has 10 rings (SSSR count). The van der Waals surface area contributed by atoms with E-state index in [1.165, 1.54) is 30.3 Å². The van der Waals surface area contributed by atoms with Crippen LogP contribution in [0.3, 0.4) is 0 Å². The van der Waals surface area contributed by atoms with Gasteiger partial charge < -0.3 is 0 Å². The molecule has 49 heavy (non-hydrogen) atoms. The molecule has 3 heterocycles. The van der Waals surface area contributed by atoms with Gasteiger partial charge in [0.2, 0.25) is 0 Å². The lowest BCUT2D eigenvalue weighted by atomic mass is 10.0. The fourth-order valence-corrected chi connectivity index (χ4v) is 9.52. The van der Waals surface area contributed by atoms with Crippen LogP contribution in [0.1, 0.15) is 0 Å². The van der Waals surface area contributed by atoms with Crippen LogP contribution in [0.25, 0.3) is 96.4 Å². The molecular weight excluding hydrogens is 658 g/mol. The van der Waals surface area contributed by atoms with Crippen molar-refractivity contribution < 1.29 is 0 Å². The van der Waals surface area contributed by atoms with Crippen molar-refractivity contribution in [1.82, 2.24) is 15.0 Å². The molecule has 0 atom stereocenters. The van der Waals surface area contributed by atoms with Crippen LogP contribution in [-0.2, 0) is 0 Å². The number of rotatable bonds is 4. The third kappa shape index (κ3) is 4.73. The van der Waals surface area contributed by atoms with E-state index in [4.69, 9.17) is 26.6 Å². The van der Waals surface area contributed by atoms with Gasteiger partial charge in [0.15, 0.2) is 17.5 Å². The normalized spacial score (nSPS) is 11.8. The molecule has 6 heteroatoms. The van der Waals surface area contributed by atoms with E-state index < -0.39 is 0 Å². The van der Waals surface area contributed by atoms with Crippen LogP contribution < -0.4 is 0 Å². The molecule has 0 amide bonds. The summed E-state index contributed by atoms with van der Waals surface area (Å²) in [4.78, 5) is 15.4. The summed E-state index contributed by atoms with van der Waals surface area (Å²) in [5.74, 6) is 1.78. The first-order valence-corrected chi connectivity index (χ1v) is 18.1. The lowest BCUT2D eigenvalue weighted by Crippen LogP contribution is -2.01. The Balaban J connectivity index is 1.21. The molecule has 0 aliphatic rings. The second kappa shape index (κ2) is 11.3. The molecule has 3 nitrogen and oxygen atoms in total. The van der Waals surface area contributed by atoms with Crippen LogP contribution >= 0.6 is 34.3 Å². The van der Waals surface area contributed by atoms with E-state index in [-0.39, 0.29) is 0 Å². The molecule has 0 radical (unpaired) electrons. The number of aromatic nitrogens is 3. The second-order valence-electron chi connectivity index (χ2n) is 12.1. The molecule has 7 aromatic carbocycles. The number of nitrogens with zero attached hydrogens (tertiary/aromatic N) is 3. The monoisotopic (exact) mass is 681 g/mol. The number of hydrogen-bond donors (Lipinski definition) is 0. The molecule has 0 aliphatic heterocycles. The zero-order valence-corrected chi connectivity index (χ0v) is 28.3. The Bertz CT molecular complexity index is 2890. The van der Waals surface area contributed by atoms with Crippen LogP contribution in [-0.4, -0.2) is 15.0 Å². The number of fused-ring (bicyclic) bond motifs is 7. The molecule has 0 spiro atoms. The van der Waals surface area contributed by atoms with E-state index in [0.29, 0.717) is 22.5 Å². The van der Waals surface area contributed by atoms with Gasteiger partial charge in [-0.3, -0.25) is 0 Å². The van der Waals surface area contributed by atoms with Crippen molar-refractivity contribution in [3.05, 3.63) is 151 Å². The average Bonchev–Trinajstić information content (AvgIpc) is 3.72. The first-order valence-electron chi connectivity index (χ1n) is 16.0. The minimum absolute atomic E-state index is 0.552. The van der Waals surface area contributed by atoms with Gasteiger partial charge in [0, 0.05) is 57.0 Å². The Labute approximate surface area is 294 Å². The third-order valence-electron chi connectivity index (χ3n) is 9.21. The quantitative estimate of drug-likeness (QED) is 0.186. The first-order chi connectivity index (χ1) is 24.2. The first kappa shape index (κ1) is 28.5. The van der Waals surface area contributed by atoms with Gasteiger partial charge in [0.05, 0.1) is 5.02 Å². The Hall–Kier alpha value is -5.46. The van der Waals surface area contributed by atoms with Crippen molar-refractivity contribution in [1.29, 1.82) is 0 Å². The molecule has 0 saturated carbocycles. The number of thiophene rings is 2. The van der Waals surface area contributed by atoms with Crippen molar-refractivity contribution in [2.24, 2.45) is 0 Å². The van der Waals surface area contributed by atoms with Gasteiger partial charge >= 0.3 is 0 Å². The summed E-state index contributed by atoms with van der Waals surface area (Å²) in [7, 11) is 0. The zero-order valence-electron chi connectivity index (χ0n) is 25.9. The van der Waals surface area contributed by atoms with E-state index >= 15 is 0 Å². The molecule has 0 aliphatic carbocycles. The van der Waals surface area contributed by atoms with Crippen LogP contribution in [0.2, 0.25) is 5.02 Å². The van der Waals surface area contributed by atoms with Crippen molar-refractivity contribution in [2.75, 3.05) is 0 Å². The van der Waals surface area contributed by atoms with Gasteiger partial charge in [-0.1, -0.05) is 121 Å². The third-order valence-corrected chi connectivity index (χ3v) is 11.9. The maximum absolute atomic E-state index is 7.40. The van der Waals surface area contributed by atoms with Gasteiger partial charge in [-0.05, 0) is 58.3 Å². The average molecular weight is 682 g/mol. The molecule has 0 fully saturated rings. The van der Waals surface area contributed by atoms with Gasteiger partial charge in [-0.25, -0.2) is 15.0 Å². The number of halogens is 1. The van der Waals surface area contributed by atoms with E-state index in [1.54, 1.807) is 22.7 Å². The van der Waals surface area contributed by atoms with Crippen LogP contribution in [0.4, 0.5) is 0 Å². The largest absolute Gasteiger partial charge is 0.208 e. The summed E-state index contributed by atoms with van der Waals surface area (Å²) >= 11 is 10.9. The fraction of sp³-hybridized carbons (Fsp3) is 0. The highest BCUT2D eigenvalue weighted by Crippen LogP contribution is 2.44. The molecule has 0 saturated heterocycles. The van der Waals surface area contributed by atoms with Gasteiger partial charge in [-0.2, -0.15) is 0 Å². The second-order valence-corrected chi connectivity index (χ2v) is 14.7. The summed E-state index contributed by atoms with van der Waals surface area (Å²) in [5, 5.41) is 7.60. The smallest absolute Gasteiger partial charge is 0.165 e. The highest BCUT2D eigenvalue weighted by atomic mass is 35.5. The lowest BCUT2D eigenvalue weighted by molar-refractivity contribution is 1.08. The summed E-state index contributed by atoms with van der Waals surface area (Å²) in [6, 6.07) is 50.9. The van der Waals surface area contributed by atoms with Crippen LogP contribution in [0, 0.1) is 0 Å². The van der Waals surface area contributed by atoms with E-state index in [0.717, 1.165) is 48.7 Å². The number of hydrogen-bond acceptors (Lipinski definition) is 5. The molecule has 0 N–H and O–H groups in total. The van der Waals surface area contributed by atoms with Crippen molar-refractivity contribution in [3.8, 4) is 45.3 Å². The predicted molar refractivity (Wildman–Crippen MR) is 210 cm³/mol. The van der Waals surface area contributed by atoms with Crippen LogP contribution in [0.15, 0.2) is 146 Å². The molecule has 10 aromatic rings. The predicted octanol–water partition coefficient (Wildman–Crippen LogP) is 13.1. The Morgan fingerprint density at radius 3 is 1.84 bits per heavy atom. The summed E-state index contributed by atoms with van der Waals surface area (Å²) in [6.07, 6.45) is 0. The van der Waals surface area contributed by atoms with Gasteiger partial charge in [0.1, 0.15) is 0 Å². The van der Waals surface area contributed by atoms with Crippen molar-refractivity contribution in [2.45, 2.75) is 0 Å². The highest BCUT2D eigenvalue weighted by Gasteiger charge is 2.20. The van der Waals surface area contributed by atoms with Crippen LogP contribution in [0.5, 0.6) is 0 Å². The minimum atomic E-state index is 0.552. The molecule has 230 valence electrons. The standard InChI is InChI=1S/C43H24ClN3S2/c44-40-32(21-22-36-39(40)33-23-28-11-4-5-12-29(28)24-37(33)49-36)43-46-41(27-19-17-26(18-20-27)25-9-2-1-3-10-25)45-42(47-43)31-14-8-16-35-38(31)30-13-6-7-15-34(30)48-35/h1-24H. The zero-order chi connectivity index (χ0) is 32.5. The summed E-state index contributed by atoms with van der Waals surface area (Å²) < 4.78 is 4.78. The van der Waals surface area contributed by atoms with Crippen molar-refractivity contribution in [3.63, 3.8) is 0 Å². The molecular formula is C43H24ClN3S2. The number of benzene rings is 7. The Morgan fingerprint density at radius 1 is 0.388 bits per heavy atom. The molecule has 0 bridgehead atoms. The van der Waals surface area contributed by atoms with Gasteiger partial charge in [-0.15, -0.1) is 22.7 Å². The lowest BCUT2D eigenvalue weighted by Gasteiger charge is -2.11. The Morgan fingerprint density at radius 2 is 1.00 bits per heavy atom. The SMILES string of the molecule is Clc1c(-c2nc(-c3ccc(-c4ccccc4)cc3)nc(-c3cccc4sc5ccccc5c34)n2)ccc2sc3cc4ccccc4cc3c12. The maximum atomic E-state index is 7.40. The van der Waals surface area contributed by atoms with Gasteiger partial charge in [0.25, 0.3) is 0 Å². The van der Waals surface area contributed by atoms with E-state index in [9.17, 15) is 0 Å². The minimum Gasteiger partial charge on any atom is -0.208 e. The highest BCUT2D eigenvalue weighted by molar-refractivity contribution is 7.26. The Kier molecular flexibility index (Phi) is 6.59. The van der Waals surface area contributed by atoms with Crippen molar-refractivity contribution >= 4 is 85.4 Å². The summed E-state index contributed by atoms with van der Waals surface area (Å²) in [6.45, 7) is 0. The fourth-order valence-electron chi connectivity index (χ4n) is 6.83. The van der Waals surface area contributed by atoms with E-state index in [2.05, 4.69) is 140 Å². The molecule has 3 aromatic heterocycles. The summed E-state index contributed by atoms with van der Waals surface area (Å²) in [5.41, 5.74) is 4.98. The topological polar surface area (TPSA) is 38.7 Å². The molecule has 0 unspecified atom stereocenters. The van der Waals surface area contributed by atoms with E-state index in [1.807, 2.05) is 6.07 Å².